The van der Waals surface area contributed by atoms with Gasteiger partial charge in [-0.05, 0) is 86.1 Å². The minimum absolute atomic E-state index is 0.0592. The molecule has 0 unspecified atom stereocenters. The van der Waals surface area contributed by atoms with Gasteiger partial charge in [0, 0.05) is 12.8 Å². The number of para-hydroxylation sites is 2. The summed E-state index contributed by atoms with van der Waals surface area (Å²) in [7, 11) is 0. The molecule has 48 heavy (non-hydrogen) atoms. The van der Waals surface area contributed by atoms with Crippen LogP contribution in [0.2, 0.25) is 0 Å². The summed E-state index contributed by atoms with van der Waals surface area (Å²) in [6.07, 6.45) is 6.57. The minimum Gasteiger partial charge on any atom is -0.494 e. The van der Waals surface area contributed by atoms with Crippen LogP contribution < -0.4 is 28.7 Å². The zero-order valence-electron chi connectivity index (χ0n) is 26.6. The van der Waals surface area contributed by atoms with Crippen molar-refractivity contribution in [2.75, 3.05) is 26.4 Å². The van der Waals surface area contributed by atoms with Crippen LogP contribution in [-0.4, -0.2) is 46.6 Å². The Balaban J connectivity index is 0.896. The average molecular weight is 693 g/mol. The molecule has 0 fully saturated rings. The summed E-state index contributed by atoms with van der Waals surface area (Å²) in [4.78, 5) is 28.2. The van der Waals surface area contributed by atoms with Crippen molar-refractivity contribution in [3.8, 4) is 34.8 Å². The van der Waals surface area contributed by atoms with E-state index in [0.29, 0.717) is 49.0 Å². The first-order valence-electron chi connectivity index (χ1n) is 16.0. The molecule has 0 aliphatic rings. The number of aromatic nitrogens is 2. The lowest BCUT2D eigenvalue weighted by Gasteiger charge is -2.13. The second-order valence-electron chi connectivity index (χ2n) is 11.2. The lowest BCUT2D eigenvalue weighted by atomic mass is 10.1. The van der Waals surface area contributed by atoms with E-state index < -0.39 is 0 Å². The van der Waals surface area contributed by atoms with Gasteiger partial charge >= 0.3 is 9.75 Å². The molecule has 2 aromatic heterocycles. The van der Waals surface area contributed by atoms with Gasteiger partial charge < -0.3 is 29.2 Å². The smallest absolute Gasteiger partial charge is 0.307 e. The molecule has 2 heterocycles. The summed E-state index contributed by atoms with van der Waals surface area (Å²) in [5.41, 5.74) is 1.99. The Morgan fingerprint density at radius 1 is 0.500 bits per heavy atom. The van der Waals surface area contributed by atoms with Crippen LogP contribution >= 0.6 is 22.7 Å². The van der Waals surface area contributed by atoms with Crippen molar-refractivity contribution in [1.29, 1.82) is 0 Å². The standard InChI is InChI=1S/C36H40N2O8S2/c39-33-31(47-35(41)37-33)23-25-11-15-27(16-12-25)43-19-5-1-7-21-45-29-9-3-4-10-30(29)46-22-8-2-6-20-44-28-17-13-26(14-18-28)24-32-34(40)38-36(42)48-32/h3-4,9-18,39-40H,1-2,5-8,19-24H2,(H,37,41)(H,38,42). The summed E-state index contributed by atoms with van der Waals surface area (Å²) in [6, 6.07) is 23.2. The van der Waals surface area contributed by atoms with E-state index >= 15 is 0 Å². The highest BCUT2D eigenvalue weighted by atomic mass is 32.1. The van der Waals surface area contributed by atoms with E-state index in [0.717, 1.165) is 95.3 Å². The highest BCUT2D eigenvalue weighted by Crippen LogP contribution is 2.27. The van der Waals surface area contributed by atoms with Crippen LogP contribution in [0.1, 0.15) is 59.4 Å². The molecule has 0 radical (unpaired) electrons. The Hall–Kier alpha value is -4.68. The van der Waals surface area contributed by atoms with E-state index in [1.54, 1.807) is 0 Å². The zero-order chi connectivity index (χ0) is 33.6. The number of nitrogens with one attached hydrogen (secondary N) is 2. The van der Waals surface area contributed by atoms with Crippen LogP contribution in [0.5, 0.6) is 34.8 Å². The van der Waals surface area contributed by atoms with Gasteiger partial charge in [0.25, 0.3) is 0 Å². The highest BCUT2D eigenvalue weighted by molar-refractivity contribution is 7.09. The molecule has 0 aliphatic carbocycles. The third kappa shape index (κ3) is 11.0. The predicted molar refractivity (Wildman–Crippen MR) is 188 cm³/mol. The van der Waals surface area contributed by atoms with Gasteiger partial charge in [0.05, 0.1) is 36.2 Å². The fraction of sp³-hybridized carbons (Fsp3) is 0.333. The zero-order valence-corrected chi connectivity index (χ0v) is 28.2. The number of H-pyrrole nitrogens is 2. The van der Waals surface area contributed by atoms with Crippen molar-refractivity contribution in [2.24, 2.45) is 0 Å². The average Bonchev–Trinajstić information content (AvgIpc) is 3.58. The van der Waals surface area contributed by atoms with Crippen LogP contribution in [0.3, 0.4) is 0 Å². The molecule has 0 atom stereocenters. The number of rotatable bonds is 20. The molecule has 4 N–H and O–H groups in total. The summed E-state index contributed by atoms with van der Waals surface area (Å²) in [5.74, 6) is 2.97. The molecule has 0 amide bonds. The fourth-order valence-electron chi connectivity index (χ4n) is 4.92. The SMILES string of the molecule is O=c1[nH]c(O)c(Cc2ccc(OCCCCCOc3ccccc3OCCCCCOc3ccc(Cc4sc(=O)[nH]c4O)cc3)cc2)s1. The summed E-state index contributed by atoms with van der Waals surface area (Å²) >= 11 is 2.04. The topological polar surface area (TPSA) is 143 Å². The van der Waals surface area contributed by atoms with Gasteiger partial charge in [0.1, 0.15) is 11.5 Å². The molecule has 0 bridgehead atoms. The molecule has 5 aromatic rings. The first-order valence-corrected chi connectivity index (χ1v) is 17.7. The van der Waals surface area contributed by atoms with E-state index in [4.69, 9.17) is 18.9 Å². The van der Waals surface area contributed by atoms with E-state index in [9.17, 15) is 19.8 Å². The molecule has 0 aliphatic heterocycles. The van der Waals surface area contributed by atoms with Gasteiger partial charge in [-0.3, -0.25) is 19.6 Å². The largest absolute Gasteiger partial charge is 0.494 e. The number of unbranched alkanes of at least 4 members (excludes halogenated alkanes) is 4. The third-order valence-corrected chi connectivity index (χ3v) is 9.20. The van der Waals surface area contributed by atoms with Gasteiger partial charge in [0.15, 0.2) is 11.5 Å². The third-order valence-electron chi connectivity index (χ3n) is 7.46. The second-order valence-corrected chi connectivity index (χ2v) is 13.3. The quantitative estimate of drug-likeness (QED) is 0.0637. The van der Waals surface area contributed by atoms with Crippen molar-refractivity contribution in [2.45, 2.75) is 51.4 Å². The highest BCUT2D eigenvalue weighted by Gasteiger charge is 2.09. The van der Waals surface area contributed by atoms with Crippen molar-refractivity contribution in [3.63, 3.8) is 0 Å². The number of benzene rings is 3. The fourth-order valence-corrected chi connectivity index (χ4v) is 6.43. The van der Waals surface area contributed by atoms with E-state index in [-0.39, 0.29) is 21.5 Å². The lowest BCUT2D eigenvalue weighted by molar-refractivity contribution is 0.249. The van der Waals surface area contributed by atoms with E-state index in [1.807, 2.05) is 72.8 Å². The Bertz CT molecular complexity index is 1680. The summed E-state index contributed by atoms with van der Waals surface area (Å²) < 4.78 is 23.8. The molecular weight excluding hydrogens is 653 g/mol. The Labute approximate surface area is 286 Å². The van der Waals surface area contributed by atoms with Gasteiger partial charge in [0.2, 0.25) is 11.8 Å². The molecule has 3 aromatic carbocycles. The molecule has 0 saturated heterocycles. The van der Waals surface area contributed by atoms with Gasteiger partial charge in [-0.2, -0.15) is 0 Å². The maximum absolute atomic E-state index is 11.4. The molecule has 0 saturated carbocycles. The van der Waals surface area contributed by atoms with Crippen LogP contribution in [0.15, 0.2) is 82.4 Å². The van der Waals surface area contributed by atoms with Gasteiger partial charge in [-0.1, -0.05) is 59.1 Å². The van der Waals surface area contributed by atoms with Crippen LogP contribution in [0, 0.1) is 0 Å². The maximum Gasteiger partial charge on any atom is 0.307 e. The van der Waals surface area contributed by atoms with Crippen LogP contribution in [-0.2, 0) is 12.8 Å². The number of ether oxygens (including phenoxy) is 4. The van der Waals surface area contributed by atoms with Gasteiger partial charge in [-0.15, -0.1) is 0 Å². The number of aromatic hydroxyl groups is 2. The number of aromatic amines is 2. The molecule has 5 rings (SSSR count). The normalized spacial score (nSPS) is 11.0. The monoisotopic (exact) mass is 692 g/mol. The second kappa shape index (κ2) is 18.0. The molecular formula is C36H40N2O8S2. The number of hydrogen-bond donors (Lipinski definition) is 4. The molecule has 254 valence electrons. The first kappa shape index (κ1) is 34.6. The summed E-state index contributed by atoms with van der Waals surface area (Å²) in [6.45, 7) is 2.43. The van der Waals surface area contributed by atoms with Crippen molar-refractivity contribution >= 4 is 22.7 Å². The van der Waals surface area contributed by atoms with Gasteiger partial charge in [-0.25, -0.2) is 0 Å². The Morgan fingerprint density at radius 2 is 0.875 bits per heavy atom. The van der Waals surface area contributed by atoms with Crippen molar-refractivity contribution < 1.29 is 29.2 Å². The van der Waals surface area contributed by atoms with Crippen molar-refractivity contribution in [3.05, 3.63) is 113 Å². The Morgan fingerprint density at radius 3 is 1.23 bits per heavy atom. The lowest BCUT2D eigenvalue weighted by Crippen LogP contribution is -2.04. The molecule has 12 heteroatoms. The van der Waals surface area contributed by atoms with E-state index in [1.165, 1.54) is 0 Å². The van der Waals surface area contributed by atoms with Crippen LogP contribution in [0.4, 0.5) is 0 Å². The number of hydrogen-bond acceptors (Lipinski definition) is 10. The van der Waals surface area contributed by atoms with Crippen molar-refractivity contribution in [1.82, 2.24) is 9.97 Å². The maximum atomic E-state index is 11.4. The molecule has 0 spiro atoms. The van der Waals surface area contributed by atoms with Crippen LogP contribution in [0.25, 0.3) is 0 Å². The van der Waals surface area contributed by atoms with E-state index in [2.05, 4.69) is 9.97 Å². The minimum atomic E-state index is -0.257. The summed E-state index contributed by atoms with van der Waals surface area (Å²) in [5, 5.41) is 19.5. The molecule has 10 nitrogen and oxygen atoms in total. The number of thiazole rings is 2. The first-order chi connectivity index (χ1) is 23.4. The Kier molecular flexibility index (Phi) is 13.0. The predicted octanol–water partition coefficient (Wildman–Crippen LogP) is 7.04.